The van der Waals surface area contributed by atoms with Gasteiger partial charge in [-0.1, -0.05) is 24.3 Å². The van der Waals surface area contributed by atoms with Gasteiger partial charge in [0.2, 0.25) is 0 Å². The second-order valence-corrected chi connectivity index (χ2v) is 9.56. The van der Waals surface area contributed by atoms with Crippen molar-refractivity contribution in [1.29, 1.82) is 0 Å². The van der Waals surface area contributed by atoms with Gasteiger partial charge in [-0.2, -0.15) is 10.1 Å². The number of ether oxygens (including phenoxy) is 1. The molecule has 0 unspecified atom stereocenters. The monoisotopic (exact) mass is 443 g/mol. The first-order valence-electron chi connectivity index (χ1n) is 11.4. The van der Waals surface area contributed by atoms with Gasteiger partial charge in [0.05, 0.1) is 36.4 Å². The number of nitrogens with zero attached hydrogens (tertiary/aromatic N) is 3. The second-order valence-electron chi connectivity index (χ2n) is 9.56. The molecule has 2 aromatic rings. The van der Waals surface area contributed by atoms with Gasteiger partial charge in [0.1, 0.15) is 0 Å². The van der Waals surface area contributed by atoms with Crippen LogP contribution in [0, 0.1) is 49.4 Å². The Balaban J connectivity index is 1.32. The summed E-state index contributed by atoms with van der Waals surface area (Å²) in [5.41, 5.74) is 3.71. The van der Waals surface area contributed by atoms with Crippen LogP contribution in [-0.4, -0.2) is 40.7 Å². The highest BCUT2D eigenvalue weighted by Gasteiger charge is 2.67. The molecule has 5 aliphatic rings. The normalized spacial score (nSPS) is 31.3. The standard InChI is InChI=1S/C26H25N3O4/c1-13-10-15(14(2)28(13)21-7-5-4-6-18(21)26(32)33-3)12-27-29-24(30)22-16-8-9-17(20-11-19(16)20)23(22)25(29)31/h4-10,12,16-17,19-20,22-23H,11H2,1-3H3/b27-12-/t16-,17-,19-,20-,22-,23+/m0/s1. The summed E-state index contributed by atoms with van der Waals surface area (Å²) in [6.45, 7) is 3.86. The van der Waals surface area contributed by atoms with Crippen molar-refractivity contribution in [1.82, 2.24) is 9.58 Å². The summed E-state index contributed by atoms with van der Waals surface area (Å²) in [6, 6.07) is 9.18. The zero-order valence-electron chi connectivity index (χ0n) is 18.8. The van der Waals surface area contributed by atoms with Crippen molar-refractivity contribution in [3.63, 3.8) is 0 Å². The topological polar surface area (TPSA) is 81.0 Å². The molecule has 3 fully saturated rings. The zero-order valence-corrected chi connectivity index (χ0v) is 18.8. The zero-order chi connectivity index (χ0) is 23.0. The van der Waals surface area contributed by atoms with Crippen molar-refractivity contribution in [2.75, 3.05) is 7.11 Å². The van der Waals surface area contributed by atoms with Crippen LogP contribution in [0.25, 0.3) is 5.69 Å². The Hall–Kier alpha value is -3.48. The molecule has 0 spiro atoms. The van der Waals surface area contributed by atoms with Crippen LogP contribution in [0.15, 0.2) is 47.6 Å². The van der Waals surface area contributed by atoms with E-state index < -0.39 is 5.97 Å². The van der Waals surface area contributed by atoms with Gasteiger partial charge in [-0.15, -0.1) is 0 Å². The van der Waals surface area contributed by atoms with Crippen LogP contribution >= 0.6 is 0 Å². The number of carbonyl (C=O) groups excluding carboxylic acids is 3. The quantitative estimate of drug-likeness (QED) is 0.314. The van der Waals surface area contributed by atoms with E-state index in [-0.39, 0.29) is 35.5 Å². The number of benzene rings is 1. The molecule has 4 aliphatic carbocycles. The van der Waals surface area contributed by atoms with E-state index in [4.69, 9.17) is 4.74 Å². The fourth-order valence-electron chi connectivity index (χ4n) is 6.42. The number of aromatic nitrogens is 1. The second kappa shape index (κ2) is 7.01. The molecule has 2 heterocycles. The highest BCUT2D eigenvalue weighted by Crippen LogP contribution is 2.65. The maximum Gasteiger partial charge on any atom is 0.339 e. The van der Waals surface area contributed by atoms with Crippen LogP contribution in [-0.2, 0) is 14.3 Å². The van der Waals surface area contributed by atoms with Crippen LogP contribution in [0.3, 0.4) is 0 Å². The van der Waals surface area contributed by atoms with E-state index in [1.54, 1.807) is 18.3 Å². The minimum Gasteiger partial charge on any atom is -0.465 e. The van der Waals surface area contributed by atoms with Crippen LogP contribution in [0.1, 0.15) is 33.7 Å². The van der Waals surface area contributed by atoms with E-state index in [0.717, 1.165) is 28.4 Å². The van der Waals surface area contributed by atoms with E-state index >= 15 is 0 Å². The number of esters is 1. The molecule has 2 saturated carbocycles. The average Bonchev–Trinajstić information content (AvgIpc) is 3.55. The lowest BCUT2D eigenvalue weighted by Crippen LogP contribution is -2.40. The number of aryl methyl sites for hydroxylation is 1. The molecule has 1 aliphatic heterocycles. The van der Waals surface area contributed by atoms with Gasteiger partial charge < -0.3 is 9.30 Å². The number of hydrogen-bond donors (Lipinski definition) is 0. The number of hydrazone groups is 1. The molecule has 1 aromatic carbocycles. The Bertz CT molecular complexity index is 1240. The lowest BCUT2D eigenvalue weighted by molar-refractivity contribution is -0.140. The molecular formula is C26H25N3O4. The molecule has 1 aromatic heterocycles. The first-order valence-corrected chi connectivity index (χ1v) is 11.4. The molecule has 7 heteroatoms. The van der Waals surface area contributed by atoms with E-state index in [2.05, 4.69) is 17.3 Å². The summed E-state index contributed by atoms with van der Waals surface area (Å²) in [4.78, 5) is 38.6. The van der Waals surface area contributed by atoms with Crippen molar-refractivity contribution >= 4 is 24.0 Å². The third kappa shape index (κ3) is 2.74. The summed E-state index contributed by atoms with van der Waals surface area (Å²) in [5, 5.41) is 5.47. The van der Waals surface area contributed by atoms with Crippen LogP contribution in [0.5, 0.6) is 0 Å². The summed E-state index contributed by atoms with van der Waals surface area (Å²) in [5.74, 6) is 0.229. The van der Waals surface area contributed by atoms with Crippen molar-refractivity contribution < 1.29 is 19.1 Å². The highest BCUT2D eigenvalue weighted by molar-refractivity contribution is 6.06. The Morgan fingerprint density at radius 2 is 1.70 bits per heavy atom. The molecule has 0 N–H and O–H groups in total. The van der Waals surface area contributed by atoms with Crippen molar-refractivity contribution in [3.8, 4) is 5.69 Å². The van der Waals surface area contributed by atoms with Gasteiger partial charge in [-0.3, -0.25) is 9.59 Å². The number of amides is 2. The molecule has 2 bridgehead atoms. The van der Waals surface area contributed by atoms with Gasteiger partial charge in [-0.05, 0) is 62.1 Å². The highest BCUT2D eigenvalue weighted by atomic mass is 16.5. The minimum absolute atomic E-state index is 0.171. The predicted octanol–water partition coefficient (Wildman–Crippen LogP) is 3.27. The van der Waals surface area contributed by atoms with Gasteiger partial charge in [-0.25, -0.2) is 4.79 Å². The van der Waals surface area contributed by atoms with E-state index in [0.29, 0.717) is 23.1 Å². The molecular weight excluding hydrogens is 418 g/mol. The number of imide groups is 1. The summed E-state index contributed by atoms with van der Waals surface area (Å²) in [7, 11) is 1.36. The number of para-hydroxylation sites is 1. The van der Waals surface area contributed by atoms with Crippen LogP contribution in [0.4, 0.5) is 0 Å². The van der Waals surface area contributed by atoms with E-state index in [1.165, 1.54) is 7.11 Å². The Kier molecular flexibility index (Phi) is 4.28. The predicted molar refractivity (Wildman–Crippen MR) is 121 cm³/mol. The number of methoxy groups -OCH3 is 1. The summed E-state index contributed by atoms with van der Waals surface area (Å²) < 4.78 is 6.89. The number of rotatable bonds is 4. The van der Waals surface area contributed by atoms with Gasteiger partial charge in [0.25, 0.3) is 11.8 Å². The maximum atomic E-state index is 13.2. The summed E-state index contributed by atoms with van der Waals surface area (Å²) >= 11 is 0. The minimum atomic E-state index is -0.412. The lowest BCUT2D eigenvalue weighted by Gasteiger charge is -2.37. The molecule has 168 valence electrons. The molecule has 7 rings (SSSR count). The van der Waals surface area contributed by atoms with Crippen LogP contribution in [0.2, 0.25) is 0 Å². The van der Waals surface area contributed by atoms with Crippen molar-refractivity contribution in [2.24, 2.45) is 40.6 Å². The lowest BCUT2D eigenvalue weighted by atomic mass is 9.63. The van der Waals surface area contributed by atoms with E-state index in [1.807, 2.05) is 36.6 Å². The third-order valence-electron chi connectivity index (χ3n) is 7.97. The smallest absolute Gasteiger partial charge is 0.339 e. The fourth-order valence-corrected chi connectivity index (χ4v) is 6.42. The average molecular weight is 444 g/mol. The molecule has 7 nitrogen and oxygen atoms in total. The number of hydrogen-bond acceptors (Lipinski definition) is 5. The van der Waals surface area contributed by atoms with Gasteiger partial charge in [0, 0.05) is 17.0 Å². The van der Waals surface area contributed by atoms with Gasteiger partial charge in [0.15, 0.2) is 0 Å². The Labute approximate surface area is 191 Å². The largest absolute Gasteiger partial charge is 0.465 e. The molecule has 6 atom stereocenters. The maximum absolute atomic E-state index is 13.2. The third-order valence-corrected chi connectivity index (χ3v) is 7.97. The van der Waals surface area contributed by atoms with Crippen LogP contribution < -0.4 is 0 Å². The first kappa shape index (κ1) is 20.1. The SMILES string of the molecule is COC(=O)c1ccccc1-n1c(C)cc(/C=N\N2C(=O)[C@@H]3[C@H]4C=C[C@@H]([C@@H]5C[C@@H]45)[C@@H]3C2=O)c1C. The number of allylic oxidation sites excluding steroid dienone is 2. The molecule has 2 amide bonds. The Morgan fingerprint density at radius 3 is 2.33 bits per heavy atom. The molecule has 0 radical (unpaired) electrons. The van der Waals surface area contributed by atoms with E-state index in [9.17, 15) is 14.4 Å². The van der Waals surface area contributed by atoms with Crippen molar-refractivity contribution in [2.45, 2.75) is 20.3 Å². The molecule has 1 saturated heterocycles. The number of carbonyl (C=O) groups is 3. The Morgan fingerprint density at radius 1 is 1.06 bits per heavy atom. The first-order chi connectivity index (χ1) is 15.9. The van der Waals surface area contributed by atoms with Crippen molar-refractivity contribution in [3.05, 3.63) is 65.0 Å². The fraction of sp³-hybridized carbons (Fsp3) is 0.385. The van der Waals surface area contributed by atoms with Gasteiger partial charge >= 0.3 is 5.97 Å². The molecule has 33 heavy (non-hydrogen) atoms. The summed E-state index contributed by atoms with van der Waals surface area (Å²) in [6.07, 6.45) is 7.04.